The van der Waals surface area contributed by atoms with E-state index in [0.717, 1.165) is 11.0 Å². The first-order valence-corrected chi connectivity index (χ1v) is 8.05. The van der Waals surface area contributed by atoms with Crippen molar-refractivity contribution in [3.8, 4) is 0 Å². The molecule has 0 aliphatic carbocycles. The first-order chi connectivity index (χ1) is 12.4. The van der Waals surface area contributed by atoms with Crippen LogP contribution in [0.2, 0.25) is 0 Å². The summed E-state index contributed by atoms with van der Waals surface area (Å²) in [6, 6.07) is 12.5. The van der Waals surface area contributed by atoms with Crippen LogP contribution in [-0.4, -0.2) is 11.9 Å². The minimum atomic E-state index is -0.582. The van der Waals surface area contributed by atoms with E-state index in [-0.39, 0.29) is 11.7 Å². The van der Waals surface area contributed by atoms with Crippen molar-refractivity contribution in [3.05, 3.63) is 60.1 Å². The average Bonchev–Trinajstić information content (AvgIpc) is 3.01. The van der Waals surface area contributed by atoms with Gasteiger partial charge in [0.2, 0.25) is 5.91 Å². The van der Waals surface area contributed by atoms with E-state index in [4.69, 9.17) is 4.42 Å². The fourth-order valence-electron chi connectivity index (χ4n) is 2.54. The number of benzene rings is 2. The number of anilines is 2. The van der Waals surface area contributed by atoms with Crippen LogP contribution in [0.4, 0.5) is 20.6 Å². The van der Waals surface area contributed by atoms with Gasteiger partial charge in [-0.3, -0.25) is 4.79 Å². The number of carbonyl (C=O) groups excluding carboxylic acids is 2. The van der Waals surface area contributed by atoms with Gasteiger partial charge in [0.25, 0.3) is 0 Å². The molecule has 0 unspecified atom stereocenters. The van der Waals surface area contributed by atoms with Crippen LogP contribution in [0, 0.1) is 5.82 Å². The third-order valence-electron chi connectivity index (χ3n) is 3.75. The molecular weight excluding hydrogens is 337 g/mol. The fraction of sp³-hybridized carbons (Fsp3) is 0.158. The molecule has 2 aromatic carbocycles. The summed E-state index contributed by atoms with van der Waals surface area (Å²) in [4.78, 5) is 23.3. The number of carbonyl (C=O) groups is 2. The van der Waals surface area contributed by atoms with Gasteiger partial charge >= 0.3 is 6.03 Å². The fourth-order valence-corrected chi connectivity index (χ4v) is 2.54. The van der Waals surface area contributed by atoms with Crippen molar-refractivity contribution in [2.45, 2.75) is 19.9 Å². The maximum Gasteiger partial charge on any atom is 0.319 e. The Morgan fingerprint density at radius 2 is 1.85 bits per heavy atom. The maximum atomic E-state index is 13.6. The van der Waals surface area contributed by atoms with E-state index in [9.17, 15) is 14.0 Å². The molecular formula is C19H18FN3O3. The second kappa shape index (κ2) is 7.26. The van der Waals surface area contributed by atoms with E-state index in [1.54, 1.807) is 6.92 Å². The molecule has 1 aromatic heterocycles. The van der Waals surface area contributed by atoms with Crippen LogP contribution in [0.1, 0.15) is 25.6 Å². The van der Waals surface area contributed by atoms with Gasteiger partial charge in [-0.2, -0.15) is 0 Å². The van der Waals surface area contributed by atoms with Crippen molar-refractivity contribution in [3.63, 3.8) is 0 Å². The molecule has 0 aliphatic heterocycles. The third-order valence-corrected chi connectivity index (χ3v) is 3.75. The van der Waals surface area contributed by atoms with Gasteiger partial charge in [0.1, 0.15) is 17.2 Å². The molecule has 3 rings (SSSR count). The Morgan fingerprint density at radius 1 is 1.08 bits per heavy atom. The number of urea groups is 1. The van der Waals surface area contributed by atoms with Crippen LogP contribution in [0.15, 0.2) is 52.9 Å². The van der Waals surface area contributed by atoms with Crippen LogP contribution >= 0.6 is 0 Å². The zero-order chi connectivity index (χ0) is 18.7. The molecule has 0 saturated heterocycles. The molecule has 134 valence electrons. The van der Waals surface area contributed by atoms with Gasteiger partial charge in [-0.15, -0.1) is 0 Å². The highest BCUT2D eigenvalue weighted by Gasteiger charge is 2.15. The summed E-state index contributed by atoms with van der Waals surface area (Å²) >= 11 is 0. The van der Waals surface area contributed by atoms with Gasteiger partial charge in [0.15, 0.2) is 0 Å². The van der Waals surface area contributed by atoms with Crippen molar-refractivity contribution in [2.24, 2.45) is 0 Å². The van der Waals surface area contributed by atoms with Gasteiger partial charge in [-0.1, -0.05) is 18.2 Å². The molecule has 0 saturated carbocycles. The molecule has 26 heavy (non-hydrogen) atoms. The smallest absolute Gasteiger partial charge is 0.319 e. The van der Waals surface area contributed by atoms with Crippen molar-refractivity contribution < 1.29 is 18.4 Å². The van der Waals surface area contributed by atoms with Gasteiger partial charge in [-0.05, 0) is 37.3 Å². The Labute approximate surface area is 149 Å². The van der Waals surface area contributed by atoms with Crippen LogP contribution in [-0.2, 0) is 4.79 Å². The third kappa shape index (κ3) is 4.00. The summed E-state index contributed by atoms with van der Waals surface area (Å²) in [7, 11) is 0. The summed E-state index contributed by atoms with van der Waals surface area (Å²) in [5, 5.41) is 8.68. The zero-order valence-electron chi connectivity index (χ0n) is 14.3. The lowest BCUT2D eigenvalue weighted by molar-refractivity contribution is -0.114. The number of para-hydroxylation sites is 1. The molecule has 3 aromatic rings. The quantitative estimate of drug-likeness (QED) is 0.648. The number of hydrogen-bond acceptors (Lipinski definition) is 3. The largest absolute Gasteiger partial charge is 0.459 e. The van der Waals surface area contributed by atoms with Crippen molar-refractivity contribution >= 4 is 34.3 Å². The highest BCUT2D eigenvalue weighted by molar-refractivity contribution is 5.92. The van der Waals surface area contributed by atoms with E-state index in [1.165, 1.54) is 25.1 Å². The number of nitrogens with one attached hydrogen (secondary N) is 3. The Hall–Kier alpha value is -3.35. The summed E-state index contributed by atoms with van der Waals surface area (Å²) < 4.78 is 19.4. The minimum Gasteiger partial charge on any atom is -0.459 e. The molecule has 3 amide bonds. The molecule has 0 radical (unpaired) electrons. The molecule has 1 heterocycles. The normalized spacial score (nSPS) is 11.8. The van der Waals surface area contributed by atoms with E-state index in [2.05, 4.69) is 16.0 Å². The highest BCUT2D eigenvalue weighted by atomic mass is 19.1. The van der Waals surface area contributed by atoms with E-state index < -0.39 is 17.8 Å². The van der Waals surface area contributed by atoms with Gasteiger partial charge in [-0.25, -0.2) is 9.18 Å². The van der Waals surface area contributed by atoms with Crippen LogP contribution < -0.4 is 16.0 Å². The molecule has 6 nitrogen and oxygen atoms in total. The predicted octanol–water partition coefficient (Wildman–Crippen LogP) is 4.41. The van der Waals surface area contributed by atoms with Crippen LogP contribution in [0.3, 0.4) is 0 Å². The van der Waals surface area contributed by atoms with E-state index in [1.807, 2.05) is 30.3 Å². The first-order valence-electron chi connectivity index (χ1n) is 8.05. The maximum absolute atomic E-state index is 13.6. The zero-order valence-corrected chi connectivity index (χ0v) is 14.3. The Bertz CT molecular complexity index is 935. The predicted molar refractivity (Wildman–Crippen MR) is 97.5 cm³/mol. The lowest BCUT2D eigenvalue weighted by Crippen LogP contribution is -2.31. The lowest BCUT2D eigenvalue weighted by Gasteiger charge is -2.13. The number of fused-ring (bicyclic) bond motifs is 1. The number of halogens is 1. The number of rotatable bonds is 4. The number of hydrogen-bond donors (Lipinski definition) is 3. The first kappa shape index (κ1) is 17.5. The second-order valence-electron chi connectivity index (χ2n) is 5.88. The van der Waals surface area contributed by atoms with Crippen molar-refractivity contribution in [1.82, 2.24) is 5.32 Å². The molecule has 7 heteroatoms. The molecule has 3 N–H and O–H groups in total. The minimum absolute atomic E-state index is 0.000586. The average molecular weight is 355 g/mol. The SMILES string of the molecule is CC(=O)Nc1cc(NC(=O)N[C@H](C)c2cc3ccccc3o2)ccc1F. The monoisotopic (exact) mass is 355 g/mol. The Morgan fingerprint density at radius 3 is 2.58 bits per heavy atom. The Balaban J connectivity index is 1.67. The standard InChI is InChI=1S/C19H18FN3O3/c1-11(18-9-13-5-3-4-6-17(13)26-18)21-19(25)23-14-7-8-15(20)16(10-14)22-12(2)24/h3-11H,1-2H3,(H,22,24)(H2,21,23,25)/t11-/m1/s1. The van der Waals surface area contributed by atoms with Gasteiger partial charge in [0, 0.05) is 18.0 Å². The summed E-state index contributed by atoms with van der Waals surface area (Å²) in [6.07, 6.45) is 0. The van der Waals surface area contributed by atoms with Gasteiger partial charge in [0.05, 0.1) is 11.7 Å². The summed E-state index contributed by atoms with van der Waals surface area (Å²) in [5.41, 5.74) is 1.10. The van der Waals surface area contributed by atoms with Gasteiger partial charge < -0.3 is 20.4 Å². The van der Waals surface area contributed by atoms with Crippen molar-refractivity contribution in [1.29, 1.82) is 0 Å². The highest BCUT2D eigenvalue weighted by Crippen LogP contribution is 2.24. The lowest BCUT2D eigenvalue weighted by atomic mass is 10.2. The summed E-state index contributed by atoms with van der Waals surface area (Å²) in [6.45, 7) is 3.08. The Kier molecular flexibility index (Phi) is 4.88. The molecule has 1 atom stereocenters. The summed E-state index contributed by atoms with van der Waals surface area (Å²) in [5.74, 6) is -0.356. The van der Waals surface area contributed by atoms with E-state index >= 15 is 0 Å². The second-order valence-corrected chi connectivity index (χ2v) is 5.88. The van der Waals surface area contributed by atoms with Crippen molar-refractivity contribution in [2.75, 3.05) is 10.6 Å². The molecule has 0 fully saturated rings. The molecule has 0 spiro atoms. The number of amides is 3. The molecule has 0 bridgehead atoms. The molecule has 0 aliphatic rings. The van der Waals surface area contributed by atoms with Crippen LogP contribution in [0.25, 0.3) is 11.0 Å². The van der Waals surface area contributed by atoms with E-state index in [0.29, 0.717) is 11.4 Å². The van der Waals surface area contributed by atoms with Crippen LogP contribution in [0.5, 0.6) is 0 Å². The number of furan rings is 1. The topological polar surface area (TPSA) is 83.4 Å².